The second kappa shape index (κ2) is 9.30. The first-order chi connectivity index (χ1) is 17.0. The fourth-order valence-electron chi connectivity index (χ4n) is 5.63. The summed E-state index contributed by atoms with van der Waals surface area (Å²) in [7, 11) is 0. The summed E-state index contributed by atoms with van der Waals surface area (Å²) < 4.78 is 11.6. The summed E-state index contributed by atoms with van der Waals surface area (Å²) in [6.07, 6.45) is 5.06. The molecule has 3 aliphatic rings. The van der Waals surface area contributed by atoms with Gasteiger partial charge in [-0.25, -0.2) is 4.98 Å². The minimum absolute atomic E-state index is 0.0198. The Labute approximate surface area is 207 Å². The van der Waals surface area contributed by atoms with Crippen molar-refractivity contribution in [3.63, 3.8) is 0 Å². The highest BCUT2D eigenvalue weighted by molar-refractivity contribution is 5.84. The van der Waals surface area contributed by atoms with Crippen molar-refractivity contribution >= 4 is 11.0 Å². The minimum atomic E-state index is 0.0198. The maximum Gasteiger partial charge on any atom is 0.137 e. The monoisotopic (exact) mass is 474 g/mol. The van der Waals surface area contributed by atoms with Gasteiger partial charge in [0, 0.05) is 55.1 Å². The third-order valence-electron chi connectivity index (χ3n) is 7.79. The first-order valence-corrected chi connectivity index (χ1v) is 12.8. The molecule has 7 heteroatoms. The molecule has 5 heterocycles. The number of nitrogens with one attached hydrogen (secondary N) is 2. The number of benzene rings is 1. The quantitative estimate of drug-likeness (QED) is 0.600. The molecule has 1 radical (unpaired) electrons. The molecule has 0 amide bonds. The van der Waals surface area contributed by atoms with Crippen LogP contribution in [0.4, 0.5) is 0 Å². The second-order valence-electron chi connectivity index (χ2n) is 10.8. The van der Waals surface area contributed by atoms with Gasteiger partial charge < -0.3 is 19.8 Å². The number of aromatic amines is 1. The molecule has 2 fully saturated rings. The molecule has 0 saturated carbocycles. The molecule has 0 aliphatic carbocycles. The summed E-state index contributed by atoms with van der Waals surface area (Å²) in [5.74, 6) is 0. The average molecular weight is 475 g/mol. The van der Waals surface area contributed by atoms with Crippen LogP contribution in [0.1, 0.15) is 42.1 Å². The predicted octanol–water partition coefficient (Wildman–Crippen LogP) is 3.79. The van der Waals surface area contributed by atoms with Gasteiger partial charge in [-0.3, -0.25) is 9.80 Å². The van der Waals surface area contributed by atoms with E-state index in [0.717, 1.165) is 58.1 Å². The van der Waals surface area contributed by atoms with Crippen molar-refractivity contribution in [2.45, 2.75) is 45.3 Å². The van der Waals surface area contributed by atoms with E-state index >= 15 is 0 Å². The summed E-state index contributed by atoms with van der Waals surface area (Å²) in [6, 6.07) is 7.25. The Hall–Kier alpha value is -2.29. The van der Waals surface area contributed by atoms with Crippen molar-refractivity contribution in [3.05, 3.63) is 59.5 Å². The number of aromatic nitrogens is 2. The molecule has 35 heavy (non-hydrogen) atoms. The van der Waals surface area contributed by atoms with Crippen LogP contribution < -0.4 is 5.32 Å². The molecule has 2 N–H and O–H groups in total. The second-order valence-corrected chi connectivity index (χ2v) is 10.8. The average Bonchev–Trinajstić information content (AvgIpc) is 3.25. The van der Waals surface area contributed by atoms with Crippen LogP contribution in [0.2, 0.25) is 0 Å². The van der Waals surface area contributed by atoms with Crippen LogP contribution in [-0.4, -0.2) is 71.4 Å². The van der Waals surface area contributed by atoms with Gasteiger partial charge in [-0.1, -0.05) is 6.07 Å². The molecule has 1 atom stereocenters. The largest absolute Gasteiger partial charge is 0.378 e. The van der Waals surface area contributed by atoms with Gasteiger partial charge in [0.2, 0.25) is 0 Å². The summed E-state index contributed by atoms with van der Waals surface area (Å²) >= 11 is 0. The summed E-state index contributed by atoms with van der Waals surface area (Å²) in [5.41, 5.74) is 8.86. The Morgan fingerprint density at radius 1 is 1.11 bits per heavy atom. The van der Waals surface area contributed by atoms with Gasteiger partial charge >= 0.3 is 0 Å². The van der Waals surface area contributed by atoms with E-state index in [-0.39, 0.29) is 11.6 Å². The molecular formula is C28H36N5O2. The highest BCUT2D eigenvalue weighted by Gasteiger charge is 2.33. The topological polar surface area (TPSA) is 65.7 Å². The maximum absolute atomic E-state index is 5.89. The molecule has 0 spiro atoms. The third kappa shape index (κ3) is 4.52. The number of hydrogen-bond donors (Lipinski definition) is 2. The van der Waals surface area contributed by atoms with E-state index in [2.05, 4.69) is 65.7 Å². The summed E-state index contributed by atoms with van der Waals surface area (Å²) in [6.45, 7) is 15.8. The zero-order valence-corrected chi connectivity index (χ0v) is 21.1. The molecule has 185 valence electrons. The van der Waals surface area contributed by atoms with Crippen molar-refractivity contribution in [3.8, 4) is 11.1 Å². The number of nitrogens with zero attached hydrogens (tertiary/aromatic N) is 3. The van der Waals surface area contributed by atoms with Crippen LogP contribution in [-0.2, 0) is 22.4 Å². The fourth-order valence-corrected chi connectivity index (χ4v) is 5.63. The molecule has 0 unspecified atom stereocenters. The molecular weight excluding hydrogens is 438 g/mol. The summed E-state index contributed by atoms with van der Waals surface area (Å²) in [4.78, 5) is 12.9. The molecule has 3 aliphatic heterocycles. The lowest BCUT2D eigenvalue weighted by Gasteiger charge is -2.45. The molecule has 3 aromatic rings. The number of aryl methyl sites for hydroxylation is 1. The number of ether oxygens (including phenoxy) is 2. The van der Waals surface area contributed by atoms with Gasteiger partial charge in [-0.2, -0.15) is 0 Å². The van der Waals surface area contributed by atoms with Crippen LogP contribution in [0.25, 0.3) is 22.2 Å². The Bertz CT molecular complexity index is 1210. The van der Waals surface area contributed by atoms with Gasteiger partial charge in [-0.05, 0) is 67.1 Å². The Kier molecular flexibility index (Phi) is 6.15. The standard InChI is InChI=1S/C28H36N5O2/c1-19-13-30-27-23(19)12-22(14-31-27)21-10-20-4-6-32(18-33-7-9-35-17-28(33,2)3)15-25(20)24(11-21)26-16-34-8-5-29-26/h10-14,18,26,29H,4-9,15-17H2,1-3H3,(H,30,31)/t26-/m0/s1. The fraction of sp³-hybridized carbons (Fsp3) is 0.500. The van der Waals surface area contributed by atoms with Crippen LogP contribution in [0.15, 0.2) is 30.6 Å². The van der Waals surface area contributed by atoms with Crippen LogP contribution in [0.3, 0.4) is 0 Å². The molecule has 2 saturated heterocycles. The number of hydrogen-bond acceptors (Lipinski definition) is 6. The lowest BCUT2D eigenvalue weighted by atomic mass is 9.87. The molecule has 7 nitrogen and oxygen atoms in total. The van der Waals surface area contributed by atoms with Crippen molar-refractivity contribution in [2.24, 2.45) is 0 Å². The smallest absolute Gasteiger partial charge is 0.137 e. The molecule has 1 aromatic carbocycles. The van der Waals surface area contributed by atoms with E-state index in [1.54, 1.807) is 0 Å². The van der Waals surface area contributed by atoms with E-state index in [9.17, 15) is 0 Å². The van der Waals surface area contributed by atoms with E-state index < -0.39 is 0 Å². The van der Waals surface area contributed by atoms with E-state index in [4.69, 9.17) is 14.5 Å². The molecule has 0 bridgehead atoms. The highest BCUT2D eigenvalue weighted by Crippen LogP contribution is 2.35. The van der Waals surface area contributed by atoms with Crippen LogP contribution in [0.5, 0.6) is 0 Å². The van der Waals surface area contributed by atoms with Crippen molar-refractivity contribution in [1.82, 2.24) is 25.1 Å². The van der Waals surface area contributed by atoms with Crippen molar-refractivity contribution in [2.75, 3.05) is 46.1 Å². The van der Waals surface area contributed by atoms with Gasteiger partial charge in [0.05, 0.1) is 39.1 Å². The number of H-pyrrole nitrogens is 1. The SMILES string of the molecule is Cc1c[nH]c2ncc(-c3cc4c(c([C@@H]5COCCN5)c3)CN([CH]N3CCOCC3(C)C)CC4)cc12. The zero-order chi connectivity index (χ0) is 24.0. The zero-order valence-electron chi connectivity index (χ0n) is 21.1. The lowest BCUT2D eigenvalue weighted by molar-refractivity contribution is -0.0522. The minimum Gasteiger partial charge on any atom is -0.378 e. The number of rotatable bonds is 4. The Balaban J connectivity index is 1.34. The Morgan fingerprint density at radius 2 is 2.03 bits per heavy atom. The van der Waals surface area contributed by atoms with Crippen molar-refractivity contribution < 1.29 is 9.47 Å². The predicted molar refractivity (Wildman–Crippen MR) is 138 cm³/mol. The maximum atomic E-state index is 5.89. The Morgan fingerprint density at radius 3 is 2.86 bits per heavy atom. The van der Waals surface area contributed by atoms with Gasteiger partial charge in [0.25, 0.3) is 0 Å². The third-order valence-corrected chi connectivity index (χ3v) is 7.79. The van der Waals surface area contributed by atoms with E-state index in [0.29, 0.717) is 6.61 Å². The van der Waals surface area contributed by atoms with Crippen LogP contribution in [0, 0.1) is 13.6 Å². The van der Waals surface area contributed by atoms with E-state index in [1.165, 1.54) is 38.8 Å². The summed E-state index contributed by atoms with van der Waals surface area (Å²) in [5, 5.41) is 4.90. The van der Waals surface area contributed by atoms with Gasteiger partial charge in [-0.15, -0.1) is 0 Å². The molecule has 2 aromatic heterocycles. The van der Waals surface area contributed by atoms with Gasteiger partial charge in [0.1, 0.15) is 5.65 Å². The van der Waals surface area contributed by atoms with Gasteiger partial charge in [0.15, 0.2) is 0 Å². The van der Waals surface area contributed by atoms with Crippen LogP contribution >= 0.6 is 0 Å². The number of fused-ring (bicyclic) bond motifs is 2. The van der Waals surface area contributed by atoms with Crippen molar-refractivity contribution in [1.29, 1.82) is 0 Å². The highest BCUT2D eigenvalue weighted by atomic mass is 16.5. The van der Waals surface area contributed by atoms with E-state index in [1.807, 2.05) is 12.4 Å². The first-order valence-electron chi connectivity index (χ1n) is 12.8. The number of morpholine rings is 2. The number of pyridine rings is 1. The normalized spacial score (nSPS) is 23.5. The lowest BCUT2D eigenvalue weighted by Crippen LogP contribution is -2.54. The molecule has 6 rings (SSSR count). The first kappa shape index (κ1) is 23.1.